The lowest BCUT2D eigenvalue weighted by Gasteiger charge is -2.15. The van der Waals surface area contributed by atoms with Gasteiger partial charge in [0, 0.05) is 11.8 Å². The summed E-state index contributed by atoms with van der Waals surface area (Å²) in [5.74, 6) is -0.813. The number of nitrogens with two attached hydrogens (primary N) is 2. The average molecular weight is 310 g/mol. The summed E-state index contributed by atoms with van der Waals surface area (Å²) in [6.07, 6.45) is 1.37. The molecular formula is C16H14N4O3. The molecule has 7 nitrogen and oxygen atoms in total. The predicted molar refractivity (Wildman–Crippen MR) is 86.0 cm³/mol. The van der Waals surface area contributed by atoms with Gasteiger partial charge in [0.05, 0.1) is 11.1 Å². The van der Waals surface area contributed by atoms with Crippen molar-refractivity contribution in [3.8, 4) is 22.6 Å². The van der Waals surface area contributed by atoms with Crippen LogP contribution in [0.3, 0.4) is 0 Å². The van der Waals surface area contributed by atoms with Crippen LogP contribution < -0.4 is 11.5 Å². The molecule has 116 valence electrons. The molecule has 23 heavy (non-hydrogen) atoms. The molecule has 3 aromatic rings. The Kier molecular flexibility index (Phi) is 3.25. The van der Waals surface area contributed by atoms with E-state index >= 15 is 0 Å². The van der Waals surface area contributed by atoms with Crippen LogP contribution in [-0.2, 0) is 0 Å². The highest BCUT2D eigenvalue weighted by molar-refractivity contribution is 6.10. The van der Waals surface area contributed by atoms with Crippen LogP contribution in [0.4, 0.5) is 5.69 Å². The van der Waals surface area contributed by atoms with Crippen molar-refractivity contribution in [2.75, 3.05) is 5.73 Å². The van der Waals surface area contributed by atoms with E-state index in [1.165, 1.54) is 18.3 Å². The summed E-state index contributed by atoms with van der Waals surface area (Å²) in [6.45, 7) is 1.70. The molecule has 0 aliphatic carbocycles. The van der Waals surface area contributed by atoms with Crippen molar-refractivity contribution >= 4 is 22.6 Å². The van der Waals surface area contributed by atoms with E-state index in [1.54, 1.807) is 19.1 Å². The number of hydrogen-bond acceptors (Lipinski definition) is 6. The van der Waals surface area contributed by atoms with Crippen molar-refractivity contribution in [1.29, 1.82) is 0 Å². The summed E-state index contributed by atoms with van der Waals surface area (Å²) in [5, 5.41) is 20.5. The van der Waals surface area contributed by atoms with Gasteiger partial charge in [-0.05, 0) is 30.2 Å². The molecule has 0 atom stereocenters. The monoisotopic (exact) mass is 310 g/mol. The minimum absolute atomic E-state index is 0.0296. The van der Waals surface area contributed by atoms with Crippen molar-refractivity contribution in [3.05, 3.63) is 41.7 Å². The maximum atomic E-state index is 11.6. The number of hydrogen-bond donors (Lipinski definition) is 4. The number of benzene rings is 1. The van der Waals surface area contributed by atoms with Crippen LogP contribution in [0.2, 0.25) is 0 Å². The van der Waals surface area contributed by atoms with Crippen LogP contribution in [0.1, 0.15) is 16.1 Å². The molecule has 0 spiro atoms. The molecular weight excluding hydrogens is 296 g/mol. The Morgan fingerprint density at radius 1 is 1.17 bits per heavy atom. The van der Waals surface area contributed by atoms with Gasteiger partial charge in [-0.1, -0.05) is 12.1 Å². The number of carbonyl (C=O) groups excluding carboxylic acids is 1. The van der Waals surface area contributed by atoms with Crippen LogP contribution in [0.5, 0.6) is 11.5 Å². The van der Waals surface area contributed by atoms with Crippen LogP contribution in [-0.4, -0.2) is 26.1 Å². The number of rotatable bonds is 2. The summed E-state index contributed by atoms with van der Waals surface area (Å²) in [6, 6.07) is 6.29. The molecule has 0 radical (unpaired) electrons. The van der Waals surface area contributed by atoms with E-state index in [9.17, 15) is 15.0 Å². The van der Waals surface area contributed by atoms with Crippen molar-refractivity contribution < 1.29 is 15.0 Å². The third kappa shape index (κ3) is 2.18. The Labute approximate surface area is 131 Å². The van der Waals surface area contributed by atoms with E-state index in [0.717, 1.165) is 0 Å². The van der Waals surface area contributed by atoms with Crippen LogP contribution in [0, 0.1) is 6.92 Å². The number of phenolic OH excluding ortho intramolecular Hbond substituents is 1. The second-order valence-corrected chi connectivity index (χ2v) is 5.09. The third-order valence-corrected chi connectivity index (χ3v) is 3.71. The molecule has 3 rings (SSSR count). The molecule has 6 N–H and O–H groups in total. The van der Waals surface area contributed by atoms with Gasteiger partial charge in [-0.15, -0.1) is 0 Å². The summed E-state index contributed by atoms with van der Waals surface area (Å²) >= 11 is 0. The van der Waals surface area contributed by atoms with Gasteiger partial charge in [0.25, 0.3) is 5.91 Å². The minimum atomic E-state index is -0.798. The molecule has 0 unspecified atom stereocenters. The van der Waals surface area contributed by atoms with E-state index in [-0.39, 0.29) is 28.5 Å². The Morgan fingerprint density at radius 3 is 2.61 bits per heavy atom. The van der Waals surface area contributed by atoms with Crippen molar-refractivity contribution in [2.24, 2.45) is 5.73 Å². The number of aromatic nitrogens is 2. The summed E-state index contributed by atoms with van der Waals surface area (Å²) in [5.41, 5.74) is 12.9. The van der Waals surface area contributed by atoms with Crippen molar-refractivity contribution in [2.45, 2.75) is 6.92 Å². The van der Waals surface area contributed by atoms with E-state index < -0.39 is 5.91 Å². The second kappa shape index (κ2) is 5.13. The average Bonchev–Trinajstić information content (AvgIpc) is 2.50. The number of primary amides is 1. The SMILES string of the molecule is Cc1c(O)cccc1-c1c(N)c(C(N)=O)nc2nccc(O)c12. The van der Waals surface area contributed by atoms with Crippen LogP contribution in [0.25, 0.3) is 22.2 Å². The van der Waals surface area contributed by atoms with E-state index in [1.807, 2.05) is 0 Å². The van der Waals surface area contributed by atoms with Crippen LogP contribution >= 0.6 is 0 Å². The molecule has 2 heterocycles. The standard InChI is InChI=1S/C16H14N4O3/c1-7-8(3-2-4-9(7)21)11-12-10(22)5-6-19-16(12)20-14(13(11)17)15(18)23/h2-6,21H,17H2,1H3,(H2,18,23)(H,19,20,22). The largest absolute Gasteiger partial charge is 0.508 e. The quantitative estimate of drug-likeness (QED) is 0.569. The fourth-order valence-corrected chi connectivity index (χ4v) is 2.55. The van der Waals surface area contributed by atoms with Gasteiger partial charge in [-0.25, -0.2) is 9.97 Å². The van der Waals surface area contributed by atoms with E-state index in [2.05, 4.69) is 9.97 Å². The van der Waals surface area contributed by atoms with E-state index in [4.69, 9.17) is 11.5 Å². The number of phenols is 1. The molecule has 0 aliphatic heterocycles. The lowest BCUT2D eigenvalue weighted by molar-refractivity contribution is 0.0997. The normalized spacial score (nSPS) is 10.8. The zero-order valence-electron chi connectivity index (χ0n) is 12.2. The zero-order valence-corrected chi connectivity index (χ0v) is 12.2. The van der Waals surface area contributed by atoms with Gasteiger partial charge >= 0.3 is 0 Å². The Bertz CT molecular complexity index is 954. The van der Waals surface area contributed by atoms with Gasteiger partial charge in [0.15, 0.2) is 11.3 Å². The highest BCUT2D eigenvalue weighted by atomic mass is 16.3. The topological polar surface area (TPSA) is 135 Å². The lowest BCUT2D eigenvalue weighted by Crippen LogP contribution is -2.17. The first-order valence-electron chi connectivity index (χ1n) is 6.77. The number of carbonyl (C=O) groups is 1. The fraction of sp³-hybridized carbons (Fsp3) is 0.0625. The number of nitrogen functional groups attached to an aromatic ring is 1. The third-order valence-electron chi connectivity index (χ3n) is 3.71. The Hall–Kier alpha value is -3.35. The summed E-state index contributed by atoms with van der Waals surface area (Å²) < 4.78 is 0. The van der Waals surface area contributed by atoms with Gasteiger partial charge in [-0.3, -0.25) is 4.79 Å². The van der Waals surface area contributed by atoms with Crippen molar-refractivity contribution in [3.63, 3.8) is 0 Å². The maximum absolute atomic E-state index is 11.6. The fourth-order valence-electron chi connectivity index (χ4n) is 2.55. The Balaban J connectivity index is 2.54. The smallest absolute Gasteiger partial charge is 0.269 e. The number of pyridine rings is 2. The van der Waals surface area contributed by atoms with Gasteiger partial charge < -0.3 is 21.7 Å². The molecule has 7 heteroatoms. The number of fused-ring (bicyclic) bond motifs is 1. The first kappa shape index (κ1) is 14.6. The van der Waals surface area contributed by atoms with Gasteiger partial charge in [0.1, 0.15) is 11.5 Å². The first-order chi connectivity index (χ1) is 10.9. The Morgan fingerprint density at radius 2 is 1.91 bits per heavy atom. The van der Waals surface area contributed by atoms with Gasteiger partial charge in [0.2, 0.25) is 0 Å². The maximum Gasteiger partial charge on any atom is 0.269 e. The lowest BCUT2D eigenvalue weighted by atomic mass is 9.94. The van der Waals surface area contributed by atoms with Gasteiger partial charge in [-0.2, -0.15) is 0 Å². The number of amides is 1. The van der Waals surface area contributed by atoms with Crippen LogP contribution in [0.15, 0.2) is 30.5 Å². The number of nitrogens with zero attached hydrogens (tertiary/aromatic N) is 2. The highest BCUT2D eigenvalue weighted by Gasteiger charge is 2.22. The second-order valence-electron chi connectivity index (χ2n) is 5.09. The van der Waals surface area contributed by atoms with E-state index in [0.29, 0.717) is 22.1 Å². The zero-order chi connectivity index (χ0) is 16.7. The molecule has 1 amide bonds. The molecule has 1 aromatic carbocycles. The molecule has 2 aromatic heterocycles. The number of anilines is 1. The number of aromatic hydroxyl groups is 2. The van der Waals surface area contributed by atoms with Crippen molar-refractivity contribution in [1.82, 2.24) is 9.97 Å². The summed E-state index contributed by atoms with van der Waals surface area (Å²) in [7, 11) is 0. The molecule has 0 saturated heterocycles. The molecule has 0 saturated carbocycles. The highest BCUT2D eigenvalue weighted by Crippen LogP contribution is 2.41. The molecule has 0 fully saturated rings. The molecule has 0 bridgehead atoms. The first-order valence-corrected chi connectivity index (χ1v) is 6.77. The molecule has 0 aliphatic rings. The summed E-state index contributed by atoms with van der Waals surface area (Å²) in [4.78, 5) is 19.7. The predicted octanol–water partition coefficient (Wildman–Crippen LogP) is 1.70. The minimum Gasteiger partial charge on any atom is -0.508 e.